The Bertz CT molecular complexity index is 423. The van der Waals surface area contributed by atoms with Crippen molar-refractivity contribution < 1.29 is 13.9 Å². The number of ether oxygens (including phenoxy) is 1. The fraction of sp³-hybridized carbons (Fsp3) is 0.462. The third-order valence-electron chi connectivity index (χ3n) is 2.70. The molecule has 0 spiro atoms. The molecule has 0 heterocycles. The zero-order chi connectivity index (χ0) is 13.7. The predicted molar refractivity (Wildman–Crippen MR) is 69.8 cm³/mol. The fourth-order valence-electron chi connectivity index (χ4n) is 1.44. The van der Waals surface area contributed by atoms with E-state index in [-0.39, 0.29) is 29.2 Å². The first-order valence-corrected chi connectivity index (χ1v) is 6.23. The van der Waals surface area contributed by atoms with Crippen molar-refractivity contribution in [2.24, 2.45) is 5.92 Å². The normalized spacial score (nSPS) is 12.3. The van der Waals surface area contributed by atoms with Crippen molar-refractivity contribution in [2.75, 3.05) is 13.0 Å². The summed E-state index contributed by atoms with van der Waals surface area (Å²) >= 11 is 5.76. The second-order valence-corrected chi connectivity index (χ2v) is 4.64. The zero-order valence-electron chi connectivity index (χ0n) is 10.7. The molecule has 1 N–H and O–H groups in total. The Kier molecular flexibility index (Phi) is 5.41. The SMILES string of the molecule is COc1ccc(C(=O)NC(CCl)C(C)C)cc1F. The lowest BCUT2D eigenvalue weighted by atomic mass is 10.1. The first-order chi connectivity index (χ1) is 8.49. The second kappa shape index (κ2) is 6.59. The molecule has 5 heteroatoms. The third kappa shape index (κ3) is 3.60. The summed E-state index contributed by atoms with van der Waals surface area (Å²) in [5.41, 5.74) is 0.254. The highest BCUT2D eigenvalue weighted by Gasteiger charge is 2.17. The van der Waals surface area contributed by atoms with E-state index in [1.165, 1.54) is 19.2 Å². The van der Waals surface area contributed by atoms with E-state index < -0.39 is 5.82 Å². The lowest BCUT2D eigenvalue weighted by molar-refractivity contribution is 0.0930. The average molecular weight is 274 g/mol. The van der Waals surface area contributed by atoms with Crippen LogP contribution in [0.2, 0.25) is 0 Å². The fourth-order valence-corrected chi connectivity index (χ4v) is 1.88. The zero-order valence-corrected chi connectivity index (χ0v) is 11.4. The summed E-state index contributed by atoms with van der Waals surface area (Å²) in [6.07, 6.45) is 0. The smallest absolute Gasteiger partial charge is 0.251 e. The lowest BCUT2D eigenvalue weighted by Crippen LogP contribution is -2.39. The first-order valence-electron chi connectivity index (χ1n) is 5.70. The molecule has 0 bridgehead atoms. The molecule has 0 aliphatic carbocycles. The van der Waals surface area contributed by atoms with Crippen molar-refractivity contribution in [1.29, 1.82) is 0 Å². The molecule has 1 atom stereocenters. The molecule has 0 fully saturated rings. The van der Waals surface area contributed by atoms with Gasteiger partial charge in [-0.1, -0.05) is 13.8 Å². The van der Waals surface area contributed by atoms with E-state index in [1.807, 2.05) is 13.8 Å². The molecule has 0 saturated carbocycles. The molecule has 0 aliphatic heterocycles. The molecule has 1 aromatic rings. The molecule has 3 nitrogen and oxygen atoms in total. The van der Waals surface area contributed by atoms with Gasteiger partial charge in [-0.2, -0.15) is 0 Å². The van der Waals surface area contributed by atoms with Crippen LogP contribution in [-0.2, 0) is 0 Å². The van der Waals surface area contributed by atoms with Crippen LogP contribution in [0.1, 0.15) is 24.2 Å². The molecule has 0 saturated heterocycles. The standard InChI is InChI=1S/C13H17ClFNO2/c1-8(2)11(7-14)16-13(17)9-4-5-12(18-3)10(15)6-9/h4-6,8,11H,7H2,1-3H3,(H,16,17). The van der Waals surface area contributed by atoms with Gasteiger partial charge in [0.2, 0.25) is 0 Å². The first kappa shape index (κ1) is 14.8. The van der Waals surface area contributed by atoms with Crippen LogP contribution in [0.25, 0.3) is 0 Å². The Labute approximate surface area is 111 Å². The average Bonchev–Trinajstić information content (AvgIpc) is 2.35. The molecule has 0 radical (unpaired) electrons. The van der Waals surface area contributed by atoms with Gasteiger partial charge in [0, 0.05) is 17.5 Å². The van der Waals surface area contributed by atoms with E-state index in [9.17, 15) is 9.18 Å². The number of methoxy groups -OCH3 is 1. The molecule has 1 unspecified atom stereocenters. The van der Waals surface area contributed by atoms with E-state index in [0.29, 0.717) is 5.88 Å². The maximum Gasteiger partial charge on any atom is 0.251 e. The van der Waals surface area contributed by atoms with E-state index in [2.05, 4.69) is 5.32 Å². The van der Waals surface area contributed by atoms with Crippen LogP contribution in [0, 0.1) is 11.7 Å². The molecule has 100 valence electrons. The number of alkyl halides is 1. The summed E-state index contributed by atoms with van der Waals surface area (Å²) in [4.78, 5) is 11.9. The highest BCUT2D eigenvalue weighted by molar-refractivity contribution is 6.18. The number of nitrogens with one attached hydrogen (secondary N) is 1. The monoisotopic (exact) mass is 273 g/mol. The summed E-state index contributed by atoms with van der Waals surface area (Å²) in [6, 6.07) is 3.96. The Morgan fingerprint density at radius 2 is 2.17 bits per heavy atom. The Morgan fingerprint density at radius 1 is 1.50 bits per heavy atom. The lowest BCUT2D eigenvalue weighted by Gasteiger charge is -2.19. The van der Waals surface area contributed by atoms with Gasteiger partial charge >= 0.3 is 0 Å². The maximum absolute atomic E-state index is 13.5. The summed E-state index contributed by atoms with van der Waals surface area (Å²) in [6.45, 7) is 3.92. The Balaban J connectivity index is 2.81. The van der Waals surface area contributed by atoms with E-state index in [0.717, 1.165) is 6.07 Å². The van der Waals surface area contributed by atoms with Gasteiger partial charge in [0.05, 0.1) is 7.11 Å². The molecule has 1 aromatic carbocycles. The van der Waals surface area contributed by atoms with E-state index in [1.54, 1.807) is 0 Å². The minimum absolute atomic E-state index is 0.115. The minimum Gasteiger partial charge on any atom is -0.494 e. The van der Waals surface area contributed by atoms with Crippen LogP contribution in [0.3, 0.4) is 0 Å². The quantitative estimate of drug-likeness (QED) is 0.838. The van der Waals surface area contributed by atoms with Gasteiger partial charge in [0.1, 0.15) is 0 Å². The van der Waals surface area contributed by atoms with Crippen molar-refractivity contribution in [3.8, 4) is 5.75 Å². The van der Waals surface area contributed by atoms with Crippen molar-refractivity contribution in [3.63, 3.8) is 0 Å². The predicted octanol–water partition coefficient (Wildman–Crippen LogP) is 2.83. The number of hydrogen-bond donors (Lipinski definition) is 1. The summed E-state index contributed by atoms with van der Waals surface area (Å²) < 4.78 is 18.2. The number of hydrogen-bond acceptors (Lipinski definition) is 2. The second-order valence-electron chi connectivity index (χ2n) is 4.33. The van der Waals surface area contributed by atoms with Crippen LogP contribution in [-0.4, -0.2) is 24.9 Å². The van der Waals surface area contributed by atoms with E-state index in [4.69, 9.17) is 16.3 Å². The molecular weight excluding hydrogens is 257 g/mol. The Morgan fingerprint density at radius 3 is 2.61 bits per heavy atom. The topological polar surface area (TPSA) is 38.3 Å². The minimum atomic E-state index is -0.558. The Hall–Kier alpha value is -1.29. The molecule has 0 aliphatic rings. The van der Waals surface area contributed by atoms with Crippen molar-refractivity contribution in [3.05, 3.63) is 29.6 Å². The number of amides is 1. The van der Waals surface area contributed by atoms with Crippen molar-refractivity contribution in [1.82, 2.24) is 5.32 Å². The molecule has 0 aromatic heterocycles. The van der Waals surface area contributed by atoms with Gasteiger partial charge in [-0.3, -0.25) is 4.79 Å². The van der Waals surface area contributed by atoms with Crippen molar-refractivity contribution >= 4 is 17.5 Å². The van der Waals surface area contributed by atoms with Crippen LogP contribution in [0.4, 0.5) is 4.39 Å². The molecular formula is C13H17ClFNO2. The van der Waals surface area contributed by atoms with Gasteiger partial charge < -0.3 is 10.1 Å². The number of benzene rings is 1. The van der Waals surface area contributed by atoms with Gasteiger partial charge in [-0.25, -0.2) is 4.39 Å². The van der Waals surface area contributed by atoms with E-state index >= 15 is 0 Å². The van der Waals surface area contributed by atoms with Crippen LogP contribution >= 0.6 is 11.6 Å². The van der Waals surface area contributed by atoms with Gasteiger partial charge in [-0.05, 0) is 24.1 Å². The maximum atomic E-state index is 13.5. The van der Waals surface area contributed by atoms with Crippen LogP contribution in [0.5, 0.6) is 5.75 Å². The van der Waals surface area contributed by atoms with Crippen LogP contribution in [0.15, 0.2) is 18.2 Å². The summed E-state index contributed by atoms with van der Waals surface area (Å²) in [5.74, 6) is -0.242. The highest BCUT2D eigenvalue weighted by Crippen LogP contribution is 2.18. The molecule has 1 amide bonds. The summed E-state index contributed by atoms with van der Waals surface area (Å²) in [7, 11) is 1.38. The van der Waals surface area contributed by atoms with Gasteiger partial charge in [-0.15, -0.1) is 11.6 Å². The summed E-state index contributed by atoms with van der Waals surface area (Å²) in [5, 5.41) is 2.77. The molecule has 1 rings (SSSR count). The number of rotatable bonds is 5. The third-order valence-corrected chi connectivity index (χ3v) is 3.03. The van der Waals surface area contributed by atoms with Crippen LogP contribution < -0.4 is 10.1 Å². The van der Waals surface area contributed by atoms with Gasteiger partial charge in [0.15, 0.2) is 11.6 Å². The van der Waals surface area contributed by atoms with Crippen molar-refractivity contribution in [2.45, 2.75) is 19.9 Å². The highest BCUT2D eigenvalue weighted by atomic mass is 35.5. The number of carbonyl (C=O) groups excluding carboxylic acids is 1. The number of carbonyl (C=O) groups is 1. The number of halogens is 2. The molecule has 18 heavy (non-hydrogen) atoms. The van der Waals surface area contributed by atoms with Gasteiger partial charge in [0.25, 0.3) is 5.91 Å². The largest absolute Gasteiger partial charge is 0.494 e.